The number of likely N-dealkylation sites (N-methyl/N-ethyl adjacent to an activating group) is 1. The molecule has 6 nitrogen and oxygen atoms in total. The summed E-state index contributed by atoms with van der Waals surface area (Å²) in [6.45, 7) is 5.58. The molecule has 1 aliphatic heterocycles. The molecule has 1 saturated heterocycles. The molecule has 1 atom stereocenters. The van der Waals surface area contributed by atoms with Crippen LogP contribution in [-0.4, -0.2) is 62.3 Å². The maximum absolute atomic E-state index is 12.8. The van der Waals surface area contributed by atoms with Gasteiger partial charge in [0.25, 0.3) is 0 Å². The first-order valence-corrected chi connectivity index (χ1v) is 12.3. The molecule has 7 heteroatoms. The molecule has 2 fully saturated rings. The van der Waals surface area contributed by atoms with Gasteiger partial charge in [-0.3, -0.25) is 9.69 Å². The van der Waals surface area contributed by atoms with E-state index in [1.807, 2.05) is 13.8 Å². The van der Waals surface area contributed by atoms with E-state index in [1.54, 1.807) is 18.2 Å². The van der Waals surface area contributed by atoms with Crippen molar-refractivity contribution < 1.29 is 13.2 Å². The molecule has 162 valence electrons. The van der Waals surface area contributed by atoms with E-state index in [4.69, 9.17) is 0 Å². The number of nitrogens with zero attached hydrogens (tertiary/aromatic N) is 2. The zero-order chi connectivity index (χ0) is 21.0. The summed E-state index contributed by atoms with van der Waals surface area (Å²) in [6.07, 6.45) is 8.75. The summed E-state index contributed by atoms with van der Waals surface area (Å²) in [5, 5.41) is 3.05. The van der Waals surface area contributed by atoms with Gasteiger partial charge in [-0.05, 0) is 56.4 Å². The minimum absolute atomic E-state index is 0.114. The fourth-order valence-electron chi connectivity index (χ4n) is 4.47. The zero-order valence-electron chi connectivity index (χ0n) is 18.0. The molecule has 1 aromatic carbocycles. The van der Waals surface area contributed by atoms with Gasteiger partial charge in [-0.15, -0.1) is 0 Å². The number of carbonyl (C=O) groups excluding carboxylic acids is 1. The van der Waals surface area contributed by atoms with Crippen LogP contribution in [0.5, 0.6) is 0 Å². The Bertz CT molecular complexity index is 817. The zero-order valence-corrected chi connectivity index (χ0v) is 18.8. The van der Waals surface area contributed by atoms with E-state index in [-0.39, 0.29) is 23.4 Å². The van der Waals surface area contributed by atoms with E-state index in [2.05, 4.69) is 10.2 Å². The van der Waals surface area contributed by atoms with Crippen LogP contribution in [0.3, 0.4) is 0 Å². The Morgan fingerprint density at radius 2 is 1.79 bits per heavy atom. The van der Waals surface area contributed by atoms with Crippen LogP contribution >= 0.6 is 0 Å². The minimum Gasteiger partial charge on any atom is -0.351 e. The minimum atomic E-state index is -3.68. The quantitative estimate of drug-likeness (QED) is 0.717. The van der Waals surface area contributed by atoms with E-state index in [9.17, 15) is 13.2 Å². The third kappa shape index (κ3) is 5.58. The molecule has 0 radical (unpaired) electrons. The summed E-state index contributed by atoms with van der Waals surface area (Å²) in [6, 6.07) is 5.83. The van der Waals surface area contributed by atoms with Crippen LogP contribution in [-0.2, 0) is 14.8 Å². The highest BCUT2D eigenvalue weighted by molar-refractivity contribution is 7.89. The second-order valence-electron chi connectivity index (χ2n) is 8.70. The van der Waals surface area contributed by atoms with Gasteiger partial charge in [0.2, 0.25) is 15.9 Å². The first-order valence-electron chi connectivity index (χ1n) is 10.8. The van der Waals surface area contributed by atoms with Gasteiger partial charge in [0.05, 0.1) is 11.4 Å². The summed E-state index contributed by atoms with van der Waals surface area (Å²) in [5.41, 5.74) is 1.97. The van der Waals surface area contributed by atoms with Crippen molar-refractivity contribution in [2.75, 3.05) is 26.7 Å². The van der Waals surface area contributed by atoms with E-state index in [0.717, 1.165) is 34.9 Å². The molecule has 29 heavy (non-hydrogen) atoms. The van der Waals surface area contributed by atoms with E-state index in [0.29, 0.717) is 6.04 Å². The summed E-state index contributed by atoms with van der Waals surface area (Å²) < 4.78 is 26.7. The van der Waals surface area contributed by atoms with Gasteiger partial charge in [-0.2, -0.15) is 4.31 Å². The Labute approximate surface area is 175 Å². The first-order chi connectivity index (χ1) is 13.8. The lowest BCUT2D eigenvalue weighted by Crippen LogP contribution is -2.44. The summed E-state index contributed by atoms with van der Waals surface area (Å²) in [5.74, 6) is -0.229. The third-order valence-corrected chi connectivity index (χ3v) is 8.28. The van der Waals surface area contributed by atoms with E-state index < -0.39 is 10.0 Å². The largest absolute Gasteiger partial charge is 0.351 e. The smallest absolute Gasteiger partial charge is 0.243 e. The fraction of sp³-hybridized carbons (Fsp3) is 0.682. The summed E-state index contributed by atoms with van der Waals surface area (Å²) >= 11 is 0. The molecule has 1 N–H and O–H groups in total. The molecule has 1 saturated carbocycles. The molecule has 1 heterocycles. The maximum Gasteiger partial charge on any atom is 0.243 e. The monoisotopic (exact) mass is 421 g/mol. The van der Waals surface area contributed by atoms with Crippen molar-refractivity contribution in [3.63, 3.8) is 0 Å². The third-order valence-electron chi connectivity index (χ3n) is 6.48. The number of nitrogens with one attached hydrogen (secondary N) is 1. The number of aryl methyl sites for hydroxylation is 2. The Balaban J connectivity index is 1.52. The van der Waals surface area contributed by atoms with Gasteiger partial charge in [0.1, 0.15) is 0 Å². The normalized spacial score (nSPS) is 22.0. The number of rotatable bonds is 6. The van der Waals surface area contributed by atoms with Crippen LogP contribution in [0.15, 0.2) is 23.1 Å². The maximum atomic E-state index is 12.8. The Morgan fingerprint density at radius 1 is 1.10 bits per heavy atom. The van der Waals surface area contributed by atoms with Gasteiger partial charge in [0, 0.05) is 32.2 Å². The second-order valence-corrected chi connectivity index (χ2v) is 10.7. The van der Waals surface area contributed by atoms with Crippen LogP contribution < -0.4 is 5.32 Å². The molecule has 0 aromatic heterocycles. The molecule has 1 amide bonds. The number of likely N-dealkylation sites (tertiary alicyclic amines) is 1. The van der Waals surface area contributed by atoms with Gasteiger partial charge < -0.3 is 5.32 Å². The lowest BCUT2D eigenvalue weighted by atomic mass is 10.1. The summed E-state index contributed by atoms with van der Waals surface area (Å²) in [7, 11) is -2.21. The number of hydrogen-bond acceptors (Lipinski definition) is 4. The highest BCUT2D eigenvalue weighted by Gasteiger charge is 2.30. The Kier molecular flexibility index (Phi) is 7.35. The predicted octanol–water partition coefficient (Wildman–Crippen LogP) is 2.84. The van der Waals surface area contributed by atoms with Crippen molar-refractivity contribution in [3.05, 3.63) is 29.3 Å². The predicted molar refractivity (Wildman–Crippen MR) is 115 cm³/mol. The van der Waals surface area contributed by atoms with Crippen molar-refractivity contribution in [3.8, 4) is 0 Å². The average molecular weight is 422 g/mol. The molecule has 3 rings (SSSR count). The van der Waals surface area contributed by atoms with Crippen LogP contribution in [0.1, 0.15) is 56.1 Å². The van der Waals surface area contributed by atoms with Gasteiger partial charge >= 0.3 is 0 Å². The van der Waals surface area contributed by atoms with Gasteiger partial charge in [-0.25, -0.2) is 8.42 Å². The SMILES string of the molecule is Cc1ccc(S(=O)(=O)N(C)CC(=O)NC2CCN(C3CCCCCC3)C2)cc1C. The van der Waals surface area contributed by atoms with Crippen molar-refractivity contribution in [2.24, 2.45) is 0 Å². The van der Waals surface area contributed by atoms with Crippen molar-refractivity contribution in [1.82, 2.24) is 14.5 Å². The van der Waals surface area contributed by atoms with Crippen LogP contribution in [0.2, 0.25) is 0 Å². The molecular weight excluding hydrogens is 386 g/mol. The van der Waals surface area contributed by atoms with Gasteiger partial charge in [-0.1, -0.05) is 31.7 Å². The Morgan fingerprint density at radius 3 is 2.45 bits per heavy atom. The molecule has 0 spiro atoms. The topological polar surface area (TPSA) is 69.7 Å². The first kappa shape index (κ1) is 22.2. The standard InChI is InChI=1S/C22H35N3O3S/c1-17-10-11-21(14-18(17)2)29(27,28)24(3)16-22(26)23-19-12-13-25(15-19)20-8-6-4-5-7-9-20/h10-11,14,19-20H,4-9,12-13,15-16H2,1-3H3,(H,23,26). The number of amides is 1. The van der Waals surface area contributed by atoms with Crippen molar-refractivity contribution in [2.45, 2.75) is 75.8 Å². The lowest BCUT2D eigenvalue weighted by Gasteiger charge is -2.27. The highest BCUT2D eigenvalue weighted by atomic mass is 32.2. The van der Waals surface area contributed by atoms with Crippen LogP contribution in [0.4, 0.5) is 0 Å². The molecule has 1 aromatic rings. The molecular formula is C22H35N3O3S. The molecule has 0 bridgehead atoms. The molecule has 2 aliphatic rings. The van der Waals surface area contributed by atoms with Crippen molar-refractivity contribution >= 4 is 15.9 Å². The molecule has 1 unspecified atom stereocenters. The van der Waals surface area contributed by atoms with Crippen molar-refractivity contribution in [1.29, 1.82) is 0 Å². The lowest BCUT2D eigenvalue weighted by molar-refractivity contribution is -0.121. The van der Waals surface area contributed by atoms with Crippen LogP contribution in [0, 0.1) is 13.8 Å². The van der Waals surface area contributed by atoms with E-state index >= 15 is 0 Å². The van der Waals surface area contributed by atoms with Gasteiger partial charge in [0.15, 0.2) is 0 Å². The fourth-order valence-corrected chi connectivity index (χ4v) is 5.69. The average Bonchev–Trinajstić information content (AvgIpc) is 2.96. The summed E-state index contributed by atoms with van der Waals surface area (Å²) in [4.78, 5) is 15.3. The van der Waals surface area contributed by atoms with E-state index in [1.165, 1.54) is 45.6 Å². The Hall–Kier alpha value is -1.44. The number of benzene rings is 1. The second kappa shape index (κ2) is 9.58. The number of hydrogen-bond donors (Lipinski definition) is 1. The highest BCUT2D eigenvalue weighted by Crippen LogP contribution is 2.25. The molecule has 1 aliphatic carbocycles. The van der Waals surface area contributed by atoms with Crippen LogP contribution in [0.25, 0.3) is 0 Å². The number of sulfonamides is 1. The number of carbonyl (C=O) groups is 1.